The van der Waals surface area contributed by atoms with Crippen LogP contribution in [0.15, 0.2) is 78.4 Å². The predicted molar refractivity (Wildman–Crippen MR) is 121 cm³/mol. The molecule has 2 amide bonds. The zero-order valence-corrected chi connectivity index (χ0v) is 18.2. The molecule has 2 aromatic carbocycles. The molecule has 0 radical (unpaired) electrons. The van der Waals surface area contributed by atoms with E-state index in [1.54, 1.807) is 9.12 Å². The van der Waals surface area contributed by atoms with E-state index < -0.39 is 5.91 Å². The van der Waals surface area contributed by atoms with Gasteiger partial charge >= 0.3 is 0 Å². The van der Waals surface area contributed by atoms with Gasteiger partial charge in [0, 0.05) is 39.9 Å². The molecule has 1 aliphatic rings. The van der Waals surface area contributed by atoms with E-state index in [1.165, 1.54) is 5.56 Å². The summed E-state index contributed by atoms with van der Waals surface area (Å²) in [4.78, 5) is 21.8. The topological polar surface area (TPSA) is 75.4 Å². The monoisotopic (exact) mass is 497 g/mol. The Hall–Kier alpha value is -1.84. The Morgan fingerprint density at radius 1 is 1.07 bits per heavy atom. The molecule has 5 nitrogen and oxygen atoms in total. The van der Waals surface area contributed by atoms with Crippen LogP contribution in [0.2, 0.25) is 0 Å². The fourth-order valence-corrected chi connectivity index (χ4v) is 3.17. The summed E-state index contributed by atoms with van der Waals surface area (Å²) in [6.07, 6.45) is 1.85. The molecular weight excluding hydrogens is 473 g/mol. The molecule has 0 saturated carbocycles. The van der Waals surface area contributed by atoms with E-state index in [0.29, 0.717) is 12.1 Å². The van der Waals surface area contributed by atoms with Crippen molar-refractivity contribution in [2.24, 2.45) is 5.73 Å². The lowest BCUT2D eigenvalue weighted by molar-refractivity contribution is -0.122. The van der Waals surface area contributed by atoms with Gasteiger partial charge in [-0.3, -0.25) is 9.59 Å². The number of halogens is 1. The van der Waals surface area contributed by atoms with Gasteiger partial charge in [0.2, 0.25) is 11.8 Å². The largest absolute Gasteiger partial charge is 0.368 e. The lowest BCUT2D eigenvalue weighted by Crippen LogP contribution is -2.34. The molecule has 27 heavy (non-hydrogen) atoms. The van der Waals surface area contributed by atoms with Gasteiger partial charge in [-0.15, -0.1) is 0 Å². The van der Waals surface area contributed by atoms with E-state index in [-0.39, 0.29) is 12.5 Å². The first-order valence-electron chi connectivity index (χ1n) is 8.33. The summed E-state index contributed by atoms with van der Waals surface area (Å²) >= 11 is 2.16. The van der Waals surface area contributed by atoms with E-state index in [9.17, 15) is 9.59 Å². The average Bonchev–Trinajstić information content (AvgIpc) is 3.18. The van der Waals surface area contributed by atoms with Crippen LogP contribution >= 0.6 is 30.3 Å². The third-order valence-electron chi connectivity index (χ3n) is 3.31. The molecule has 0 saturated heterocycles. The minimum Gasteiger partial charge on any atom is -0.368 e. The maximum absolute atomic E-state index is 11.4. The Bertz CT molecular complexity index is 685. The molecular formula is C20H24IN3O2S. The maximum atomic E-state index is 11.4. The van der Waals surface area contributed by atoms with Crippen LogP contribution in [0.3, 0.4) is 0 Å². The molecule has 0 fully saturated rings. The van der Waals surface area contributed by atoms with Gasteiger partial charge in [-0.2, -0.15) is 0 Å². The molecule has 0 aliphatic carbocycles. The zero-order chi connectivity index (χ0) is 19.9. The Labute approximate surface area is 177 Å². The van der Waals surface area contributed by atoms with Crippen molar-refractivity contribution < 1.29 is 9.59 Å². The van der Waals surface area contributed by atoms with E-state index in [4.69, 9.17) is 5.73 Å². The fraction of sp³-hybridized carbons (Fsp3) is 0.200. The number of nitrogens with two attached hydrogens (primary N) is 1. The zero-order valence-electron chi connectivity index (χ0n) is 15.2. The van der Waals surface area contributed by atoms with Crippen LogP contribution < -0.4 is 11.1 Å². The van der Waals surface area contributed by atoms with E-state index in [2.05, 4.69) is 45.6 Å². The van der Waals surface area contributed by atoms with Gasteiger partial charge in [0.05, 0.1) is 6.54 Å². The molecule has 1 aliphatic heterocycles. The lowest BCUT2D eigenvalue weighted by Gasteiger charge is -2.09. The fourth-order valence-electron chi connectivity index (χ4n) is 1.95. The van der Waals surface area contributed by atoms with Gasteiger partial charge in [0.1, 0.15) is 0 Å². The molecule has 2 aromatic rings. The first-order valence-corrected chi connectivity index (χ1v) is 11.7. The first-order chi connectivity index (χ1) is 13.0. The normalized spacial score (nSPS) is 12.6. The number of carbonyl (C=O) groups is 2. The Balaban J connectivity index is 0.000000231. The molecule has 0 spiro atoms. The maximum Gasteiger partial charge on any atom is 0.248 e. The smallest absolute Gasteiger partial charge is 0.248 e. The molecule has 1 heterocycles. The molecule has 3 N–H and O–H groups in total. The van der Waals surface area contributed by atoms with Crippen LogP contribution in [0.5, 0.6) is 0 Å². The molecule has 0 bridgehead atoms. The molecule has 0 atom stereocenters. The van der Waals surface area contributed by atoms with Gasteiger partial charge < -0.3 is 11.1 Å². The summed E-state index contributed by atoms with van der Waals surface area (Å²) in [5, 5.41) is 2.45. The molecule has 144 valence electrons. The SMILES string of the molecule is Cc1ccccc1.NC(=O)CNC(=O)C1=CCN(SI)C1.c1ccccc1. The van der Waals surface area contributed by atoms with Gasteiger partial charge in [-0.25, -0.2) is 4.31 Å². The molecule has 7 heteroatoms. The third kappa shape index (κ3) is 11.5. The number of benzene rings is 2. The predicted octanol–water partition coefficient (Wildman–Crippen LogP) is 3.51. The number of nitrogens with zero attached hydrogens (tertiary/aromatic N) is 1. The lowest BCUT2D eigenvalue weighted by atomic mass is 10.2. The number of amides is 2. The van der Waals surface area contributed by atoms with Crippen molar-refractivity contribution in [1.29, 1.82) is 0 Å². The van der Waals surface area contributed by atoms with Crippen LogP contribution in [0.25, 0.3) is 0 Å². The summed E-state index contributed by atoms with van der Waals surface area (Å²) < 4.78 is 2.03. The van der Waals surface area contributed by atoms with Crippen LogP contribution in [0.4, 0.5) is 0 Å². The summed E-state index contributed by atoms with van der Waals surface area (Å²) in [5.41, 5.74) is 6.92. The average molecular weight is 497 g/mol. The second kappa shape index (κ2) is 14.2. The summed E-state index contributed by atoms with van der Waals surface area (Å²) in [6.45, 7) is 3.35. The van der Waals surface area contributed by atoms with Crippen LogP contribution in [-0.4, -0.2) is 35.8 Å². The van der Waals surface area contributed by atoms with Crippen LogP contribution in [0.1, 0.15) is 5.56 Å². The minimum atomic E-state index is -0.530. The van der Waals surface area contributed by atoms with E-state index in [0.717, 1.165) is 6.54 Å². The first kappa shape index (κ1) is 23.2. The molecule has 0 unspecified atom stereocenters. The number of carbonyl (C=O) groups excluding carboxylic acids is 2. The number of hydrogen-bond acceptors (Lipinski definition) is 4. The van der Waals surface area contributed by atoms with Crippen LogP contribution in [0, 0.1) is 6.92 Å². The quantitative estimate of drug-likeness (QED) is 0.501. The van der Waals surface area contributed by atoms with E-state index in [1.807, 2.05) is 65.0 Å². The Morgan fingerprint density at radius 2 is 1.59 bits per heavy atom. The summed E-state index contributed by atoms with van der Waals surface area (Å²) in [5.74, 6) is -0.742. The summed E-state index contributed by atoms with van der Waals surface area (Å²) in [6, 6.07) is 22.3. The van der Waals surface area contributed by atoms with Crippen molar-refractivity contribution in [3.05, 3.63) is 83.9 Å². The highest BCUT2D eigenvalue weighted by molar-refractivity contribution is 14.2. The second-order valence-corrected chi connectivity index (χ2v) is 7.42. The standard InChI is InChI=1S/C7H10IN3O2S.C7H8.C6H6/c8-14-11-2-1-5(4-11)7(13)10-3-6(9)12;1-7-5-3-2-4-6-7;1-2-4-6-5-3-1/h1H,2-4H2,(H2,9,12)(H,10,13);2-6H,1H3;1-6H. The van der Waals surface area contributed by atoms with Crippen molar-refractivity contribution >= 4 is 42.1 Å². The molecule has 3 rings (SSSR count). The van der Waals surface area contributed by atoms with Crippen molar-refractivity contribution in [2.45, 2.75) is 6.92 Å². The Morgan fingerprint density at radius 3 is 1.96 bits per heavy atom. The summed E-state index contributed by atoms with van der Waals surface area (Å²) in [7, 11) is 1.56. The number of aryl methyl sites for hydroxylation is 1. The number of rotatable bonds is 4. The van der Waals surface area contributed by atoms with Crippen LogP contribution in [-0.2, 0) is 9.59 Å². The Kier molecular flexibility index (Phi) is 12.2. The highest BCUT2D eigenvalue weighted by Crippen LogP contribution is 2.23. The van der Waals surface area contributed by atoms with Gasteiger partial charge in [0.15, 0.2) is 0 Å². The second-order valence-electron chi connectivity index (χ2n) is 5.58. The third-order valence-corrected chi connectivity index (χ3v) is 5.45. The number of primary amides is 1. The minimum absolute atomic E-state index is 0.104. The van der Waals surface area contributed by atoms with Crippen molar-refractivity contribution in [1.82, 2.24) is 9.62 Å². The van der Waals surface area contributed by atoms with Crippen molar-refractivity contribution in [3.8, 4) is 0 Å². The highest BCUT2D eigenvalue weighted by atomic mass is 127. The van der Waals surface area contributed by atoms with E-state index >= 15 is 0 Å². The van der Waals surface area contributed by atoms with Gasteiger partial charge in [-0.1, -0.05) is 78.4 Å². The number of hydrogen-bond donors (Lipinski definition) is 2. The number of nitrogens with one attached hydrogen (secondary N) is 1. The molecule has 0 aromatic heterocycles. The van der Waals surface area contributed by atoms with Gasteiger partial charge in [-0.05, 0) is 16.0 Å². The van der Waals surface area contributed by atoms with Crippen molar-refractivity contribution in [2.75, 3.05) is 19.6 Å². The van der Waals surface area contributed by atoms with Crippen molar-refractivity contribution in [3.63, 3.8) is 0 Å². The van der Waals surface area contributed by atoms with Gasteiger partial charge in [0.25, 0.3) is 0 Å². The highest BCUT2D eigenvalue weighted by Gasteiger charge is 2.19.